The highest BCUT2D eigenvalue weighted by Gasteiger charge is 2.31. The van der Waals surface area contributed by atoms with Gasteiger partial charge in [-0.15, -0.1) is 0 Å². The Morgan fingerprint density at radius 1 is 1.06 bits per heavy atom. The van der Waals surface area contributed by atoms with Gasteiger partial charge in [0.15, 0.2) is 0 Å². The molecule has 0 aliphatic rings. The van der Waals surface area contributed by atoms with Crippen molar-refractivity contribution in [1.82, 2.24) is 0 Å². The predicted molar refractivity (Wildman–Crippen MR) is 113 cm³/mol. The van der Waals surface area contributed by atoms with Gasteiger partial charge in [0.1, 0.15) is 23.2 Å². The molecule has 1 N–H and O–H groups in total. The molecule has 1 heterocycles. The van der Waals surface area contributed by atoms with Crippen LogP contribution in [0, 0.1) is 11.3 Å². The van der Waals surface area contributed by atoms with Crippen LogP contribution in [-0.4, -0.2) is 5.91 Å². The molecule has 158 valence electrons. The Labute approximate surface area is 189 Å². The molecule has 0 radical (unpaired) electrons. The molecule has 31 heavy (non-hydrogen) atoms. The lowest BCUT2D eigenvalue weighted by Crippen LogP contribution is -2.13. The molecule has 0 unspecified atom stereocenters. The topological polar surface area (TPSA) is 66.0 Å². The van der Waals surface area contributed by atoms with Crippen molar-refractivity contribution in [3.8, 4) is 17.4 Å². The van der Waals surface area contributed by atoms with Gasteiger partial charge in [0, 0.05) is 11.6 Å². The first-order valence-electron chi connectivity index (χ1n) is 8.44. The van der Waals surface area contributed by atoms with Crippen LogP contribution in [-0.2, 0) is 11.0 Å². The molecule has 0 aliphatic heterocycles. The number of rotatable bonds is 4. The van der Waals surface area contributed by atoms with Crippen molar-refractivity contribution < 1.29 is 22.4 Å². The van der Waals surface area contributed by atoms with Crippen molar-refractivity contribution in [2.45, 2.75) is 6.18 Å². The van der Waals surface area contributed by atoms with Crippen molar-refractivity contribution in [2.75, 3.05) is 5.32 Å². The van der Waals surface area contributed by atoms with E-state index in [1.54, 1.807) is 12.1 Å². The molecule has 10 heteroatoms. The van der Waals surface area contributed by atoms with Crippen LogP contribution in [0.25, 0.3) is 17.4 Å². The van der Waals surface area contributed by atoms with Gasteiger partial charge in [-0.2, -0.15) is 18.4 Å². The van der Waals surface area contributed by atoms with Gasteiger partial charge in [0.25, 0.3) is 5.91 Å². The normalized spacial score (nSPS) is 11.8. The van der Waals surface area contributed by atoms with Gasteiger partial charge < -0.3 is 9.73 Å². The zero-order valence-electron chi connectivity index (χ0n) is 15.2. The van der Waals surface area contributed by atoms with Crippen molar-refractivity contribution in [1.29, 1.82) is 5.26 Å². The Kier molecular flexibility index (Phi) is 6.65. The van der Waals surface area contributed by atoms with Crippen LogP contribution in [0.15, 0.2) is 58.5 Å². The standard InChI is InChI=1S/C21H10Cl3F3N2O2/c22-15-6-4-12(21(25,26)27)9-14(15)18-7-5-13(31-18)8-11(10-28)20(30)29-17-3-1-2-16(23)19(17)24/h1-9H,(H,29,30). The summed E-state index contributed by atoms with van der Waals surface area (Å²) >= 11 is 17.9. The second-order valence-corrected chi connectivity index (χ2v) is 7.31. The van der Waals surface area contributed by atoms with Crippen LogP contribution in [0.4, 0.5) is 18.9 Å². The van der Waals surface area contributed by atoms with E-state index in [2.05, 4.69) is 5.32 Å². The number of amides is 1. The van der Waals surface area contributed by atoms with Crippen molar-refractivity contribution in [2.24, 2.45) is 0 Å². The molecule has 3 aromatic rings. The molecule has 0 aliphatic carbocycles. The van der Waals surface area contributed by atoms with Gasteiger partial charge in [-0.05, 0) is 42.5 Å². The SMILES string of the molecule is N#CC(=Cc1ccc(-c2cc(C(F)(F)F)ccc2Cl)o1)C(=O)Nc1cccc(Cl)c1Cl. The van der Waals surface area contributed by atoms with E-state index in [0.717, 1.165) is 24.3 Å². The van der Waals surface area contributed by atoms with Crippen LogP contribution >= 0.6 is 34.8 Å². The fourth-order valence-corrected chi connectivity index (χ4v) is 3.10. The summed E-state index contributed by atoms with van der Waals surface area (Å²) in [4.78, 5) is 12.4. The molecule has 0 atom stereocenters. The number of hydrogen-bond acceptors (Lipinski definition) is 3. The lowest BCUT2D eigenvalue weighted by atomic mass is 10.1. The highest BCUT2D eigenvalue weighted by atomic mass is 35.5. The molecule has 2 aromatic carbocycles. The smallest absolute Gasteiger partial charge is 0.416 e. The van der Waals surface area contributed by atoms with E-state index < -0.39 is 17.6 Å². The van der Waals surface area contributed by atoms with E-state index in [-0.39, 0.29) is 43.4 Å². The van der Waals surface area contributed by atoms with E-state index in [1.165, 1.54) is 24.3 Å². The van der Waals surface area contributed by atoms with Gasteiger partial charge in [-0.25, -0.2) is 0 Å². The number of carbonyl (C=O) groups is 1. The summed E-state index contributed by atoms with van der Waals surface area (Å²) in [6.45, 7) is 0. The molecule has 1 amide bonds. The van der Waals surface area contributed by atoms with Gasteiger partial charge in [0.2, 0.25) is 0 Å². The largest absolute Gasteiger partial charge is 0.457 e. The number of nitriles is 1. The highest BCUT2D eigenvalue weighted by molar-refractivity contribution is 6.44. The second kappa shape index (κ2) is 9.06. The number of benzene rings is 2. The number of hydrogen-bond donors (Lipinski definition) is 1. The zero-order chi connectivity index (χ0) is 22.8. The number of carbonyl (C=O) groups excluding carboxylic acids is 1. The first-order valence-corrected chi connectivity index (χ1v) is 9.57. The molecule has 0 fully saturated rings. The summed E-state index contributed by atoms with van der Waals surface area (Å²) in [6.07, 6.45) is -3.42. The third-order valence-corrected chi connectivity index (χ3v) is 5.19. The fraction of sp³-hybridized carbons (Fsp3) is 0.0476. The fourth-order valence-electron chi connectivity index (χ4n) is 2.55. The average Bonchev–Trinajstić information content (AvgIpc) is 3.17. The maximum Gasteiger partial charge on any atom is 0.416 e. The predicted octanol–water partition coefficient (Wildman–Crippen LogP) is 7.47. The monoisotopic (exact) mass is 484 g/mol. The minimum atomic E-state index is -4.55. The Bertz CT molecular complexity index is 1230. The molecule has 0 saturated carbocycles. The Morgan fingerprint density at radius 2 is 1.81 bits per heavy atom. The summed E-state index contributed by atoms with van der Waals surface area (Å²) in [7, 11) is 0. The number of halogens is 6. The lowest BCUT2D eigenvalue weighted by molar-refractivity contribution is -0.137. The quantitative estimate of drug-likeness (QED) is 0.308. The van der Waals surface area contributed by atoms with Crippen LogP contribution in [0.5, 0.6) is 0 Å². The molecule has 0 spiro atoms. The van der Waals surface area contributed by atoms with E-state index in [0.29, 0.717) is 0 Å². The number of furan rings is 1. The van der Waals surface area contributed by atoms with Gasteiger partial charge >= 0.3 is 6.18 Å². The van der Waals surface area contributed by atoms with Crippen molar-refractivity contribution >= 4 is 52.5 Å². The Morgan fingerprint density at radius 3 is 2.48 bits per heavy atom. The number of nitrogens with zero attached hydrogens (tertiary/aromatic N) is 1. The third-order valence-electron chi connectivity index (χ3n) is 4.04. The Balaban J connectivity index is 1.89. The summed E-state index contributed by atoms with van der Waals surface area (Å²) in [5, 5.41) is 12.2. The van der Waals surface area contributed by atoms with Gasteiger partial charge in [-0.3, -0.25) is 4.79 Å². The van der Waals surface area contributed by atoms with Crippen LogP contribution in [0.1, 0.15) is 11.3 Å². The molecule has 4 nitrogen and oxygen atoms in total. The van der Waals surface area contributed by atoms with Crippen LogP contribution in [0.3, 0.4) is 0 Å². The number of anilines is 1. The van der Waals surface area contributed by atoms with Crippen molar-refractivity contribution in [3.05, 3.63) is 80.5 Å². The first-order chi connectivity index (χ1) is 14.6. The minimum absolute atomic E-state index is 0.0183. The molecular weight excluding hydrogens is 476 g/mol. The Hall–Kier alpha value is -2.92. The minimum Gasteiger partial charge on any atom is -0.457 e. The van der Waals surface area contributed by atoms with Crippen molar-refractivity contribution in [3.63, 3.8) is 0 Å². The summed E-state index contributed by atoms with van der Waals surface area (Å²) < 4.78 is 44.4. The second-order valence-electron chi connectivity index (χ2n) is 6.12. The van der Waals surface area contributed by atoms with Gasteiger partial charge in [0.05, 0.1) is 26.3 Å². The summed E-state index contributed by atoms with van der Waals surface area (Å²) in [6, 6.07) is 11.9. The van der Waals surface area contributed by atoms with E-state index >= 15 is 0 Å². The van der Waals surface area contributed by atoms with E-state index in [4.69, 9.17) is 39.2 Å². The summed E-state index contributed by atoms with van der Waals surface area (Å²) in [5.74, 6) is -0.674. The molecule has 1 aromatic heterocycles. The van der Waals surface area contributed by atoms with E-state index in [9.17, 15) is 23.2 Å². The van der Waals surface area contributed by atoms with Crippen LogP contribution < -0.4 is 5.32 Å². The molecule has 3 rings (SSSR count). The number of nitrogens with one attached hydrogen (secondary N) is 1. The maximum absolute atomic E-state index is 13.0. The average molecular weight is 486 g/mol. The highest BCUT2D eigenvalue weighted by Crippen LogP contribution is 2.37. The number of alkyl halides is 3. The molecule has 0 bridgehead atoms. The molecular formula is C21H10Cl3F3N2O2. The molecule has 0 saturated heterocycles. The van der Waals surface area contributed by atoms with Gasteiger partial charge in [-0.1, -0.05) is 40.9 Å². The zero-order valence-corrected chi connectivity index (χ0v) is 17.5. The first kappa shape index (κ1) is 22.8. The third kappa shape index (κ3) is 5.23. The maximum atomic E-state index is 13.0. The summed E-state index contributed by atoms with van der Waals surface area (Å²) in [5.41, 5.74) is -0.996. The van der Waals surface area contributed by atoms with Crippen LogP contribution in [0.2, 0.25) is 15.1 Å². The van der Waals surface area contributed by atoms with E-state index in [1.807, 2.05) is 0 Å². The lowest BCUT2D eigenvalue weighted by Gasteiger charge is -2.09.